The number of aliphatic hydroxyl groups is 2. The number of esters is 1. The van der Waals surface area contributed by atoms with Crippen LogP contribution in [0.1, 0.15) is 284 Å². The van der Waals surface area contributed by atoms with Crippen LogP contribution < -0.4 is 5.32 Å². The number of carbonyl (C=O) groups excluding carboxylic acids is 2. The molecule has 0 saturated carbocycles. The summed E-state index contributed by atoms with van der Waals surface area (Å²) in [4.78, 5) is 26.2. The Hall–Kier alpha value is -2.18. The quantitative estimate of drug-likeness (QED) is 0.0245. The molecule has 0 rings (SSSR count). The summed E-state index contributed by atoms with van der Waals surface area (Å²) in [6, 6.07) is -0.714. The number of ether oxygens (including phenoxy) is 1. The summed E-state index contributed by atoms with van der Waals surface area (Å²) in [5.41, 5.74) is 0. The van der Waals surface area contributed by atoms with Gasteiger partial charge in [-0.3, -0.25) is 9.59 Å². The van der Waals surface area contributed by atoms with E-state index in [0.717, 1.165) is 77.0 Å². The molecule has 64 heavy (non-hydrogen) atoms. The van der Waals surface area contributed by atoms with E-state index in [2.05, 4.69) is 74.7 Å². The van der Waals surface area contributed by atoms with Crippen molar-refractivity contribution in [2.75, 3.05) is 6.61 Å². The summed E-state index contributed by atoms with van der Waals surface area (Å²) in [5, 5.41) is 23.8. The highest BCUT2D eigenvalue weighted by molar-refractivity contribution is 5.77. The van der Waals surface area contributed by atoms with E-state index < -0.39 is 18.2 Å². The van der Waals surface area contributed by atoms with Crippen LogP contribution in [0, 0.1) is 0 Å². The fraction of sp³-hybridized carbons (Fsp3) is 0.828. The van der Waals surface area contributed by atoms with Crippen molar-refractivity contribution >= 4 is 11.9 Å². The number of rotatable bonds is 50. The molecule has 0 heterocycles. The Balaban J connectivity index is 4.65. The molecule has 0 aromatic rings. The molecular formula is C58H107NO5. The third-order valence-electron chi connectivity index (χ3n) is 12.7. The van der Waals surface area contributed by atoms with Gasteiger partial charge in [0.25, 0.3) is 0 Å². The van der Waals surface area contributed by atoms with Crippen LogP contribution in [0.2, 0.25) is 0 Å². The van der Waals surface area contributed by atoms with Crippen molar-refractivity contribution in [1.29, 1.82) is 0 Å². The average molecular weight is 898 g/mol. The molecule has 3 atom stereocenters. The lowest BCUT2D eigenvalue weighted by molar-refractivity contribution is -0.151. The third-order valence-corrected chi connectivity index (χ3v) is 12.7. The SMILES string of the molecule is CCCCCCC/C=C/C=C/C=C/CCCCCC(CC(=O)NC(CO)C(O)CCCCCCCCCCCCCCC)OC(=O)CCCCCCC/C=C/CCCCCCCCC. The van der Waals surface area contributed by atoms with Gasteiger partial charge in [-0.05, 0) is 77.0 Å². The predicted molar refractivity (Wildman–Crippen MR) is 278 cm³/mol. The zero-order chi connectivity index (χ0) is 46.7. The summed E-state index contributed by atoms with van der Waals surface area (Å²) in [5.74, 6) is -0.509. The minimum Gasteiger partial charge on any atom is -0.462 e. The number of carbonyl (C=O) groups is 2. The van der Waals surface area contributed by atoms with Crippen molar-refractivity contribution in [2.45, 2.75) is 302 Å². The van der Waals surface area contributed by atoms with Gasteiger partial charge in [0.2, 0.25) is 5.91 Å². The van der Waals surface area contributed by atoms with Gasteiger partial charge < -0.3 is 20.3 Å². The van der Waals surface area contributed by atoms with E-state index in [1.54, 1.807) is 0 Å². The molecule has 6 heteroatoms. The second-order valence-corrected chi connectivity index (χ2v) is 19.0. The highest BCUT2D eigenvalue weighted by Gasteiger charge is 2.24. The summed E-state index contributed by atoms with van der Waals surface area (Å²) in [6.45, 7) is 6.47. The molecule has 0 saturated heterocycles. The summed E-state index contributed by atoms with van der Waals surface area (Å²) < 4.78 is 5.93. The Morgan fingerprint density at radius 3 is 1.25 bits per heavy atom. The van der Waals surface area contributed by atoms with Crippen molar-refractivity contribution < 1.29 is 24.5 Å². The Labute approximate surface area is 397 Å². The molecule has 0 aromatic heterocycles. The maximum atomic E-state index is 13.2. The maximum absolute atomic E-state index is 13.2. The number of hydrogen-bond donors (Lipinski definition) is 3. The van der Waals surface area contributed by atoms with Crippen LogP contribution in [0.5, 0.6) is 0 Å². The van der Waals surface area contributed by atoms with Crippen LogP contribution in [0.3, 0.4) is 0 Å². The maximum Gasteiger partial charge on any atom is 0.306 e. The first-order valence-electron chi connectivity index (χ1n) is 27.9. The molecule has 3 unspecified atom stereocenters. The van der Waals surface area contributed by atoms with E-state index in [0.29, 0.717) is 19.3 Å². The second kappa shape index (κ2) is 51.8. The van der Waals surface area contributed by atoms with Gasteiger partial charge in [0.05, 0.1) is 25.2 Å². The zero-order valence-electron chi connectivity index (χ0n) is 42.7. The monoisotopic (exact) mass is 898 g/mol. The lowest BCUT2D eigenvalue weighted by Gasteiger charge is -2.24. The molecule has 0 aromatic carbocycles. The van der Waals surface area contributed by atoms with Crippen molar-refractivity contribution in [3.8, 4) is 0 Å². The molecule has 1 amide bonds. The first-order chi connectivity index (χ1) is 31.5. The molecule has 6 nitrogen and oxygen atoms in total. The number of nitrogens with one attached hydrogen (secondary N) is 1. The fourth-order valence-electron chi connectivity index (χ4n) is 8.43. The van der Waals surface area contributed by atoms with E-state index in [1.807, 2.05) is 0 Å². The van der Waals surface area contributed by atoms with E-state index in [-0.39, 0.29) is 24.9 Å². The molecule has 0 fully saturated rings. The lowest BCUT2D eigenvalue weighted by Crippen LogP contribution is -2.46. The highest BCUT2D eigenvalue weighted by atomic mass is 16.5. The van der Waals surface area contributed by atoms with Gasteiger partial charge in [-0.1, -0.05) is 243 Å². The van der Waals surface area contributed by atoms with Crippen LogP contribution in [-0.4, -0.2) is 46.9 Å². The van der Waals surface area contributed by atoms with Gasteiger partial charge in [0.15, 0.2) is 0 Å². The summed E-state index contributed by atoms with van der Waals surface area (Å²) in [7, 11) is 0. The molecule has 0 spiro atoms. The highest BCUT2D eigenvalue weighted by Crippen LogP contribution is 2.18. The number of unbranched alkanes of at least 4 members (excludes halogenated alkanes) is 32. The molecule has 0 aliphatic heterocycles. The van der Waals surface area contributed by atoms with E-state index in [9.17, 15) is 19.8 Å². The van der Waals surface area contributed by atoms with Crippen LogP contribution in [0.4, 0.5) is 0 Å². The van der Waals surface area contributed by atoms with E-state index >= 15 is 0 Å². The molecule has 0 aliphatic rings. The Morgan fingerprint density at radius 2 is 0.812 bits per heavy atom. The largest absolute Gasteiger partial charge is 0.462 e. The van der Waals surface area contributed by atoms with Crippen molar-refractivity contribution in [3.63, 3.8) is 0 Å². The Morgan fingerprint density at radius 1 is 0.453 bits per heavy atom. The fourth-order valence-corrected chi connectivity index (χ4v) is 8.43. The lowest BCUT2D eigenvalue weighted by atomic mass is 10.0. The third kappa shape index (κ3) is 46.4. The minimum absolute atomic E-state index is 0.0527. The minimum atomic E-state index is -0.798. The van der Waals surface area contributed by atoms with Crippen molar-refractivity contribution in [2.24, 2.45) is 0 Å². The molecule has 0 radical (unpaired) electrons. The molecule has 374 valence electrons. The van der Waals surface area contributed by atoms with Crippen LogP contribution in [0.15, 0.2) is 48.6 Å². The Kier molecular flexibility index (Phi) is 50.0. The van der Waals surface area contributed by atoms with Crippen molar-refractivity contribution in [1.82, 2.24) is 5.32 Å². The number of allylic oxidation sites excluding steroid dienone is 8. The number of hydrogen-bond acceptors (Lipinski definition) is 5. The smallest absolute Gasteiger partial charge is 0.306 e. The van der Waals surface area contributed by atoms with Crippen molar-refractivity contribution in [3.05, 3.63) is 48.6 Å². The molecule has 0 bridgehead atoms. The zero-order valence-corrected chi connectivity index (χ0v) is 42.7. The summed E-state index contributed by atoms with van der Waals surface area (Å²) >= 11 is 0. The number of aliphatic hydroxyl groups excluding tert-OH is 2. The molecule has 0 aliphatic carbocycles. The van der Waals surface area contributed by atoms with Gasteiger partial charge >= 0.3 is 5.97 Å². The van der Waals surface area contributed by atoms with Crippen LogP contribution in [-0.2, 0) is 14.3 Å². The average Bonchev–Trinajstić information content (AvgIpc) is 3.29. The molecular weight excluding hydrogens is 791 g/mol. The van der Waals surface area contributed by atoms with Crippen LogP contribution in [0.25, 0.3) is 0 Å². The number of amides is 1. The van der Waals surface area contributed by atoms with E-state index in [4.69, 9.17) is 4.74 Å². The van der Waals surface area contributed by atoms with Gasteiger partial charge in [-0.2, -0.15) is 0 Å². The van der Waals surface area contributed by atoms with Crippen LogP contribution >= 0.6 is 0 Å². The molecule has 3 N–H and O–H groups in total. The second-order valence-electron chi connectivity index (χ2n) is 19.0. The van der Waals surface area contributed by atoms with Gasteiger partial charge in [-0.25, -0.2) is 0 Å². The van der Waals surface area contributed by atoms with Gasteiger partial charge in [-0.15, -0.1) is 0 Å². The van der Waals surface area contributed by atoms with E-state index in [1.165, 1.54) is 161 Å². The Bertz CT molecular complexity index is 1100. The standard InChI is InChI=1S/C58H107NO5/c1-4-7-10-13-16-19-22-25-27-29-32-34-37-40-43-46-49-54(64-58(63)51-48-45-42-39-36-33-30-28-26-23-20-17-14-11-8-5-2)52-57(62)59-55(53-60)56(61)50-47-44-41-38-35-31-24-21-18-15-12-9-6-3/h22,25,27-30,32,34,54-56,60-61H,4-21,23-24,26,31,33,35-53H2,1-3H3,(H,59,62)/b25-22+,29-27+,30-28+,34-32+. The summed E-state index contributed by atoms with van der Waals surface area (Å²) in [6.07, 6.45) is 63.1. The first kappa shape index (κ1) is 61.8. The first-order valence-corrected chi connectivity index (χ1v) is 27.9. The normalized spacial score (nSPS) is 13.5. The van der Waals surface area contributed by atoms with Gasteiger partial charge in [0.1, 0.15) is 6.10 Å². The van der Waals surface area contributed by atoms with Gasteiger partial charge in [0, 0.05) is 6.42 Å². The topological polar surface area (TPSA) is 95.9 Å². The predicted octanol–water partition coefficient (Wildman–Crippen LogP) is 17.0.